The third-order valence-electron chi connectivity index (χ3n) is 5.51. The third kappa shape index (κ3) is 6.87. The summed E-state index contributed by atoms with van der Waals surface area (Å²) in [5.74, 6) is 2.29. The first-order valence-electron chi connectivity index (χ1n) is 11.1. The van der Waals surface area contributed by atoms with Crippen molar-refractivity contribution in [2.24, 2.45) is 4.99 Å². The van der Waals surface area contributed by atoms with Gasteiger partial charge in [-0.2, -0.15) is 0 Å². The molecular formula is C24H37N5O. The maximum absolute atomic E-state index is 5.83. The maximum atomic E-state index is 5.83. The van der Waals surface area contributed by atoms with Gasteiger partial charge in [0.15, 0.2) is 5.96 Å². The summed E-state index contributed by atoms with van der Waals surface area (Å²) in [7, 11) is 1.77. The number of guanidine groups is 1. The van der Waals surface area contributed by atoms with Gasteiger partial charge >= 0.3 is 0 Å². The predicted molar refractivity (Wildman–Crippen MR) is 122 cm³/mol. The summed E-state index contributed by atoms with van der Waals surface area (Å²) in [5.41, 5.74) is 2.59. The average Bonchev–Trinajstić information content (AvgIpc) is 3.07. The molecule has 1 aromatic carbocycles. The monoisotopic (exact) mass is 411 g/mol. The molecule has 1 aliphatic heterocycles. The van der Waals surface area contributed by atoms with E-state index in [1.165, 1.54) is 49.9 Å². The molecule has 164 valence electrons. The van der Waals surface area contributed by atoms with Crippen molar-refractivity contribution in [2.45, 2.75) is 71.5 Å². The summed E-state index contributed by atoms with van der Waals surface area (Å²) in [6.45, 7) is 11.1. The van der Waals surface area contributed by atoms with E-state index in [1.807, 2.05) is 0 Å². The number of oxazole rings is 1. The van der Waals surface area contributed by atoms with Crippen molar-refractivity contribution in [3.05, 3.63) is 53.2 Å². The van der Waals surface area contributed by atoms with Gasteiger partial charge in [0.05, 0.1) is 12.7 Å². The number of nitrogens with one attached hydrogen (secondary N) is 2. The molecule has 0 aliphatic carbocycles. The largest absolute Gasteiger partial charge is 0.443 e. The first kappa shape index (κ1) is 22.3. The SMILES string of the molecule is CN=C(NCc1ccc(CN2CCCCCC2)cc1)NCc1ncc(C(C)(C)C)o1. The van der Waals surface area contributed by atoms with Crippen molar-refractivity contribution < 1.29 is 4.42 Å². The zero-order valence-corrected chi connectivity index (χ0v) is 19.0. The molecule has 0 unspecified atom stereocenters. The van der Waals surface area contributed by atoms with Crippen LogP contribution in [0.3, 0.4) is 0 Å². The van der Waals surface area contributed by atoms with Crippen LogP contribution >= 0.6 is 0 Å². The Kier molecular flexibility index (Phi) is 7.91. The number of nitrogens with zero attached hydrogens (tertiary/aromatic N) is 3. The van der Waals surface area contributed by atoms with Gasteiger partial charge in [-0.1, -0.05) is 57.9 Å². The molecule has 1 fully saturated rings. The molecule has 0 amide bonds. The Morgan fingerprint density at radius 1 is 1.00 bits per heavy atom. The van der Waals surface area contributed by atoms with Crippen LogP contribution in [0.15, 0.2) is 39.9 Å². The van der Waals surface area contributed by atoms with Crippen LogP contribution in [0.25, 0.3) is 0 Å². The lowest BCUT2D eigenvalue weighted by atomic mass is 9.94. The molecule has 0 spiro atoms. The molecule has 1 aromatic heterocycles. The van der Waals surface area contributed by atoms with Crippen LogP contribution in [0.5, 0.6) is 0 Å². The molecule has 6 heteroatoms. The van der Waals surface area contributed by atoms with Gasteiger partial charge < -0.3 is 15.1 Å². The van der Waals surface area contributed by atoms with Crippen LogP contribution in [-0.4, -0.2) is 36.0 Å². The number of rotatable bonds is 6. The minimum atomic E-state index is -0.0371. The van der Waals surface area contributed by atoms with Crippen molar-refractivity contribution in [1.82, 2.24) is 20.5 Å². The van der Waals surface area contributed by atoms with Gasteiger partial charge in [0.1, 0.15) is 5.76 Å². The molecule has 1 aliphatic rings. The fraction of sp³-hybridized carbons (Fsp3) is 0.583. The van der Waals surface area contributed by atoms with Crippen molar-refractivity contribution >= 4 is 5.96 Å². The lowest BCUT2D eigenvalue weighted by Gasteiger charge is -2.20. The van der Waals surface area contributed by atoms with E-state index in [1.54, 1.807) is 13.2 Å². The third-order valence-corrected chi connectivity index (χ3v) is 5.51. The van der Waals surface area contributed by atoms with Crippen LogP contribution in [0.2, 0.25) is 0 Å². The first-order chi connectivity index (χ1) is 14.4. The average molecular weight is 412 g/mol. The topological polar surface area (TPSA) is 65.7 Å². The fourth-order valence-electron chi connectivity index (χ4n) is 3.62. The molecule has 1 saturated heterocycles. The number of aromatic nitrogens is 1. The highest BCUT2D eigenvalue weighted by atomic mass is 16.4. The summed E-state index contributed by atoms with van der Waals surface area (Å²) in [5, 5.41) is 6.63. The quantitative estimate of drug-likeness (QED) is 0.550. The highest BCUT2D eigenvalue weighted by Crippen LogP contribution is 2.22. The Bertz CT molecular complexity index is 796. The second kappa shape index (κ2) is 10.6. The fourth-order valence-corrected chi connectivity index (χ4v) is 3.62. The lowest BCUT2D eigenvalue weighted by molar-refractivity contribution is 0.277. The molecule has 3 rings (SSSR count). The van der Waals surface area contributed by atoms with E-state index in [9.17, 15) is 0 Å². The minimum Gasteiger partial charge on any atom is -0.443 e. The summed E-state index contributed by atoms with van der Waals surface area (Å²) in [6, 6.07) is 8.91. The molecule has 0 bridgehead atoms. The number of benzene rings is 1. The second-order valence-corrected chi connectivity index (χ2v) is 9.15. The highest BCUT2D eigenvalue weighted by Gasteiger charge is 2.19. The van der Waals surface area contributed by atoms with Gasteiger partial charge in [-0.15, -0.1) is 0 Å². The van der Waals surface area contributed by atoms with Crippen molar-refractivity contribution in [2.75, 3.05) is 20.1 Å². The van der Waals surface area contributed by atoms with E-state index in [0.29, 0.717) is 12.4 Å². The number of likely N-dealkylation sites (tertiary alicyclic amines) is 1. The second-order valence-electron chi connectivity index (χ2n) is 9.15. The maximum Gasteiger partial charge on any atom is 0.213 e. The van der Waals surface area contributed by atoms with E-state index in [2.05, 4.69) is 70.5 Å². The van der Waals surface area contributed by atoms with E-state index < -0.39 is 0 Å². The molecule has 2 N–H and O–H groups in total. The van der Waals surface area contributed by atoms with Gasteiger partial charge in [-0.3, -0.25) is 9.89 Å². The van der Waals surface area contributed by atoms with E-state index in [4.69, 9.17) is 4.42 Å². The molecule has 0 saturated carbocycles. The predicted octanol–water partition coefficient (Wildman–Crippen LogP) is 4.21. The van der Waals surface area contributed by atoms with Crippen molar-refractivity contribution in [3.8, 4) is 0 Å². The Morgan fingerprint density at radius 2 is 1.63 bits per heavy atom. The molecule has 0 atom stereocenters. The summed E-state index contributed by atoms with van der Waals surface area (Å²) >= 11 is 0. The Hall–Kier alpha value is -2.34. The summed E-state index contributed by atoms with van der Waals surface area (Å²) in [6.07, 6.45) is 7.23. The Morgan fingerprint density at radius 3 is 2.23 bits per heavy atom. The van der Waals surface area contributed by atoms with Crippen LogP contribution in [0.1, 0.15) is 69.2 Å². The molecule has 6 nitrogen and oxygen atoms in total. The van der Waals surface area contributed by atoms with Crippen LogP contribution in [-0.2, 0) is 25.0 Å². The van der Waals surface area contributed by atoms with Crippen molar-refractivity contribution in [3.63, 3.8) is 0 Å². The van der Waals surface area contributed by atoms with Crippen LogP contribution < -0.4 is 10.6 Å². The zero-order valence-electron chi connectivity index (χ0n) is 19.0. The first-order valence-corrected chi connectivity index (χ1v) is 11.1. The van der Waals surface area contributed by atoms with E-state index >= 15 is 0 Å². The summed E-state index contributed by atoms with van der Waals surface area (Å²) in [4.78, 5) is 11.2. The number of aliphatic imine (C=N–C) groups is 1. The van der Waals surface area contributed by atoms with Crippen LogP contribution in [0.4, 0.5) is 0 Å². The normalized spacial score (nSPS) is 16.3. The van der Waals surface area contributed by atoms with Crippen molar-refractivity contribution in [1.29, 1.82) is 0 Å². The van der Waals surface area contributed by atoms with E-state index in [-0.39, 0.29) is 5.41 Å². The lowest BCUT2D eigenvalue weighted by Crippen LogP contribution is -2.36. The highest BCUT2D eigenvalue weighted by molar-refractivity contribution is 5.79. The van der Waals surface area contributed by atoms with Gasteiger partial charge in [0.25, 0.3) is 0 Å². The van der Waals surface area contributed by atoms with Gasteiger partial charge in [0, 0.05) is 25.6 Å². The van der Waals surface area contributed by atoms with E-state index in [0.717, 1.165) is 24.8 Å². The minimum absolute atomic E-state index is 0.0371. The molecular weight excluding hydrogens is 374 g/mol. The summed E-state index contributed by atoms with van der Waals surface area (Å²) < 4.78 is 5.83. The number of hydrogen-bond donors (Lipinski definition) is 2. The Labute approximate surface area is 181 Å². The van der Waals surface area contributed by atoms with Gasteiger partial charge in [0.2, 0.25) is 5.89 Å². The Balaban J connectivity index is 1.44. The molecule has 2 aromatic rings. The van der Waals surface area contributed by atoms with Crippen LogP contribution in [0, 0.1) is 0 Å². The zero-order chi connectivity index (χ0) is 21.4. The standard InChI is InChI=1S/C24H37N5O/c1-24(2,3)21-16-26-22(30-21)17-28-23(25-4)27-15-19-9-11-20(12-10-19)18-29-13-7-5-6-8-14-29/h9-12,16H,5-8,13-15,17-18H2,1-4H3,(H2,25,27,28). The van der Waals surface area contributed by atoms with Gasteiger partial charge in [-0.25, -0.2) is 4.98 Å². The van der Waals surface area contributed by atoms with Gasteiger partial charge in [-0.05, 0) is 37.1 Å². The number of hydrogen-bond acceptors (Lipinski definition) is 4. The molecule has 0 radical (unpaired) electrons. The molecule has 30 heavy (non-hydrogen) atoms. The smallest absolute Gasteiger partial charge is 0.213 e. The molecule has 2 heterocycles.